The summed E-state index contributed by atoms with van der Waals surface area (Å²) in [5, 5.41) is 8.80. The van der Waals surface area contributed by atoms with Crippen LogP contribution in [0.2, 0.25) is 0 Å². The fourth-order valence-electron chi connectivity index (χ4n) is 5.82. The van der Waals surface area contributed by atoms with Gasteiger partial charge in [-0.25, -0.2) is 4.98 Å². The van der Waals surface area contributed by atoms with Gasteiger partial charge in [0, 0.05) is 37.3 Å². The maximum atomic E-state index is 5.06. The van der Waals surface area contributed by atoms with Gasteiger partial charge < -0.3 is 19.7 Å². The van der Waals surface area contributed by atoms with Crippen LogP contribution < -0.4 is 0 Å². The second kappa shape index (κ2) is 13.3. The van der Waals surface area contributed by atoms with E-state index in [0.717, 1.165) is 96.3 Å². The summed E-state index contributed by atoms with van der Waals surface area (Å²) in [6, 6.07) is 2.11. The minimum Gasteiger partial charge on any atom is -0.367 e. The average Bonchev–Trinajstić information content (AvgIpc) is 3.74. The molecule has 0 saturated carbocycles. The molecule has 0 aromatic carbocycles. The average molecular weight is 553 g/mol. The molecular weight excluding hydrogens is 508 g/mol. The molecule has 41 heavy (non-hydrogen) atoms. The van der Waals surface area contributed by atoms with E-state index in [2.05, 4.69) is 88.2 Å². The van der Waals surface area contributed by atoms with E-state index in [1.54, 1.807) is 0 Å². The molecule has 3 aromatic heterocycles. The maximum absolute atomic E-state index is 5.06. The lowest BCUT2D eigenvalue weighted by molar-refractivity contribution is 0.207. The van der Waals surface area contributed by atoms with Gasteiger partial charge in [-0.3, -0.25) is 10.1 Å². The molecule has 0 unspecified atom stereocenters. The number of aromatic nitrogens is 5. The van der Waals surface area contributed by atoms with Crippen molar-refractivity contribution in [3.05, 3.63) is 78.5 Å². The number of likely N-dealkylation sites (N-methyl/N-ethyl adjacent to an activating group) is 1. The zero-order valence-electron chi connectivity index (χ0n) is 24.9. The number of pyridine rings is 1. The highest BCUT2D eigenvalue weighted by molar-refractivity contribution is 5.93. The van der Waals surface area contributed by atoms with Gasteiger partial charge in [0.05, 0.1) is 23.1 Å². The van der Waals surface area contributed by atoms with Crippen molar-refractivity contribution in [2.75, 3.05) is 52.9 Å². The molecule has 5 rings (SSSR count). The van der Waals surface area contributed by atoms with Crippen LogP contribution in [0.4, 0.5) is 0 Å². The number of hydrogen-bond donors (Lipinski definition) is 2. The largest absolute Gasteiger partial charge is 0.367 e. The molecule has 5 heterocycles. The van der Waals surface area contributed by atoms with Crippen molar-refractivity contribution in [1.29, 1.82) is 0 Å². The predicted molar refractivity (Wildman–Crippen MR) is 170 cm³/mol. The number of nitrogens with zero attached hydrogens (tertiary/aromatic N) is 6. The Balaban J connectivity index is 1.40. The van der Waals surface area contributed by atoms with Gasteiger partial charge in [0.1, 0.15) is 11.4 Å². The number of aryl methyl sites for hydroxylation is 1. The van der Waals surface area contributed by atoms with Crippen LogP contribution >= 0.6 is 0 Å². The molecule has 0 spiro atoms. The first-order valence-corrected chi connectivity index (χ1v) is 14.9. The van der Waals surface area contributed by atoms with E-state index >= 15 is 0 Å². The van der Waals surface area contributed by atoms with Crippen LogP contribution in [-0.2, 0) is 0 Å². The van der Waals surface area contributed by atoms with E-state index < -0.39 is 0 Å². The van der Waals surface area contributed by atoms with Crippen LogP contribution in [-0.4, -0.2) is 92.7 Å². The molecular formula is C33H44N8. The van der Waals surface area contributed by atoms with Crippen LogP contribution in [0.5, 0.6) is 0 Å². The first kappa shape index (κ1) is 28.8. The van der Waals surface area contributed by atoms with E-state index in [1.165, 1.54) is 31.5 Å². The van der Waals surface area contributed by atoms with Crippen molar-refractivity contribution in [1.82, 2.24) is 39.8 Å². The van der Waals surface area contributed by atoms with Crippen LogP contribution in [0.15, 0.2) is 61.4 Å². The molecule has 2 aliphatic rings. The van der Waals surface area contributed by atoms with Gasteiger partial charge in [0.15, 0.2) is 5.82 Å². The highest BCUT2D eigenvalue weighted by atomic mass is 15.3. The molecule has 0 bridgehead atoms. The molecule has 0 aliphatic carbocycles. The monoisotopic (exact) mass is 552 g/mol. The zero-order chi connectivity index (χ0) is 28.8. The molecule has 0 amide bonds. The molecule has 0 atom stereocenters. The molecule has 216 valence electrons. The number of rotatable bonds is 11. The summed E-state index contributed by atoms with van der Waals surface area (Å²) >= 11 is 0. The van der Waals surface area contributed by atoms with Gasteiger partial charge in [0.25, 0.3) is 0 Å². The topological polar surface area (TPSA) is 80.0 Å². The lowest BCUT2D eigenvalue weighted by Gasteiger charge is -2.35. The normalized spacial score (nSPS) is 18.0. The van der Waals surface area contributed by atoms with Crippen molar-refractivity contribution < 1.29 is 0 Å². The number of imidazole rings is 1. The fraction of sp³-hybridized carbons (Fsp3) is 0.424. The molecule has 8 heteroatoms. The smallest absolute Gasteiger partial charge is 0.159 e. The maximum Gasteiger partial charge on any atom is 0.159 e. The van der Waals surface area contributed by atoms with Gasteiger partial charge in [-0.1, -0.05) is 31.4 Å². The Bertz CT molecular complexity index is 1460. The first-order valence-electron chi connectivity index (χ1n) is 14.9. The SMILES string of the molecule is C=C/C=C(\c1nc(-c2n[nH]c3cnc(C(/C=C(\C=C)CCCN4CCCC4)=C/C)cc23)[nH]c1C)N1CCN(C)CC1. The predicted octanol–water partition coefficient (Wildman–Crippen LogP) is 5.82. The van der Waals surface area contributed by atoms with Crippen molar-refractivity contribution in [3.63, 3.8) is 0 Å². The van der Waals surface area contributed by atoms with Gasteiger partial charge in [-0.15, -0.1) is 0 Å². The molecule has 2 aliphatic heterocycles. The van der Waals surface area contributed by atoms with E-state index in [1.807, 2.05) is 18.3 Å². The number of hydrogen-bond acceptors (Lipinski definition) is 6. The van der Waals surface area contributed by atoms with Crippen molar-refractivity contribution >= 4 is 22.2 Å². The Morgan fingerprint density at radius 3 is 2.59 bits per heavy atom. The quantitative estimate of drug-likeness (QED) is 0.292. The summed E-state index contributed by atoms with van der Waals surface area (Å²) in [5.74, 6) is 0.747. The highest BCUT2D eigenvalue weighted by Gasteiger charge is 2.23. The number of allylic oxidation sites excluding steroid dienone is 7. The van der Waals surface area contributed by atoms with Gasteiger partial charge >= 0.3 is 0 Å². The van der Waals surface area contributed by atoms with E-state index in [0.29, 0.717) is 0 Å². The fourth-order valence-corrected chi connectivity index (χ4v) is 5.82. The van der Waals surface area contributed by atoms with Crippen LogP contribution in [0, 0.1) is 6.92 Å². The highest BCUT2D eigenvalue weighted by Crippen LogP contribution is 2.30. The lowest BCUT2D eigenvalue weighted by Crippen LogP contribution is -2.43. The summed E-state index contributed by atoms with van der Waals surface area (Å²) in [6.45, 7) is 19.8. The Labute approximate surface area is 244 Å². The summed E-state index contributed by atoms with van der Waals surface area (Å²) in [6.07, 6.45) is 16.9. The minimum absolute atomic E-state index is 0.747. The van der Waals surface area contributed by atoms with Crippen molar-refractivity contribution in [2.45, 2.75) is 39.5 Å². The van der Waals surface area contributed by atoms with Crippen LogP contribution in [0.25, 0.3) is 33.7 Å². The van der Waals surface area contributed by atoms with E-state index in [-0.39, 0.29) is 0 Å². The zero-order valence-corrected chi connectivity index (χ0v) is 24.9. The number of piperazine rings is 1. The lowest BCUT2D eigenvalue weighted by atomic mass is 10.0. The standard InChI is InChI=1S/C33H44N8/c1-6-12-30(41-19-17-39(5)18-20-41)31-24(4)35-33(36-31)32-27-22-28(34-23-29(27)37-38-32)26(8-3)21-25(7-2)13-11-16-40-14-9-10-15-40/h6-8,12,21-23H,1-2,9-11,13-20H2,3-5H3,(H,35,36)(H,37,38)/b25-21+,26-8+,30-12+. The second-order valence-corrected chi connectivity index (χ2v) is 11.1. The van der Waals surface area contributed by atoms with Crippen molar-refractivity contribution in [3.8, 4) is 11.5 Å². The molecule has 0 radical (unpaired) electrons. The third-order valence-electron chi connectivity index (χ3n) is 8.27. The third-order valence-corrected chi connectivity index (χ3v) is 8.27. The Morgan fingerprint density at radius 1 is 1.10 bits per heavy atom. The molecule has 8 nitrogen and oxygen atoms in total. The second-order valence-electron chi connectivity index (χ2n) is 11.1. The number of nitrogens with one attached hydrogen (secondary N) is 2. The van der Waals surface area contributed by atoms with Crippen LogP contribution in [0.1, 0.15) is 49.7 Å². The first-order chi connectivity index (χ1) is 20.0. The van der Waals surface area contributed by atoms with Gasteiger partial charge in [-0.05, 0) is 95.6 Å². The summed E-state index contributed by atoms with van der Waals surface area (Å²) < 4.78 is 0. The Kier molecular flexibility index (Phi) is 9.31. The number of likely N-dealkylation sites (tertiary alicyclic amines) is 1. The summed E-state index contributed by atoms with van der Waals surface area (Å²) in [5.41, 5.74) is 7.96. The molecule has 2 saturated heterocycles. The summed E-state index contributed by atoms with van der Waals surface area (Å²) in [4.78, 5) is 20.7. The molecule has 2 N–H and O–H groups in total. The van der Waals surface area contributed by atoms with Crippen LogP contribution in [0.3, 0.4) is 0 Å². The van der Waals surface area contributed by atoms with E-state index in [9.17, 15) is 0 Å². The Hall–Kier alpha value is -3.75. The minimum atomic E-state index is 0.747. The molecule has 3 aromatic rings. The molecule has 2 fully saturated rings. The third kappa shape index (κ3) is 6.60. The van der Waals surface area contributed by atoms with Gasteiger partial charge in [0.2, 0.25) is 0 Å². The number of aromatic amines is 2. The van der Waals surface area contributed by atoms with Gasteiger partial charge in [-0.2, -0.15) is 5.10 Å². The number of fused-ring (bicyclic) bond motifs is 1. The van der Waals surface area contributed by atoms with E-state index in [4.69, 9.17) is 9.97 Å². The van der Waals surface area contributed by atoms with Crippen molar-refractivity contribution in [2.24, 2.45) is 0 Å². The number of H-pyrrole nitrogens is 2. The summed E-state index contributed by atoms with van der Waals surface area (Å²) in [7, 11) is 2.17. The Morgan fingerprint density at radius 2 is 1.88 bits per heavy atom.